The number of esters is 1. The molecule has 20 nitrogen and oxygen atoms in total. The van der Waals surface area contributed by atoms with Crippen LogP contribution in [-0.4, -0.2) is 94.4 Å². The summed E-state index contributed by atoms with van der Waals surface area (Å²) in [5, 5.41) is 31.9. The predicted octanol–water partition coefficient (Wildman–Crippen LogP) is 16.9. The van der Waals surface area contributed by atoms with Gasteiger partial charge in [0.05, 0.1) is 53.0 Å². The number of non-ortho nitro benzene ring substituents is 1. The van der Waals surface area contributed by atoms with E-state index in [1.165, 1.54) is 22.8 Å². The highest BCUT2D eigenvalue weighted by molar-refractivity contribution is 6.33. The molecule has 0 bridgehead atoms. The topological polar surface area (TPSA) is 227 Å². The van der Waals surface area contributed by atoms with Crippen LogP contribution >= 0.6 is 11.6 Å². The van der Waals surface area contributed by atoms with E-state index in [4.69, 9.17) is 30.5 Å². The molecule has 0 fully saturated rings. The third-order valence-electron chi connectivity index (χ3n) is 19.7. The molecule has 0 aliphatic carbocycles. The van der Waals surface area contributed by atoms with Crippen molar-refractivity contribution in [2.75, 3.05) is 54.8 Å². The van der Waals surface area contributed by atoms with Gasteiger partial charge in [0.25, 0.3) is 17.5 Å². The number of nitrogens with one attached hydrogen (secondary N) is 3. The van der Waals surface area contributed by atoms with Crippen molar-refractivity contribution in [3.63, 3.8) is 0 Å². The summed E-state index contributed by atoms with van der Waals surface area (Å²) in [7, 11) is 3.25. The maximum Gasteiger partial charge on any atom is 0.334 e. The number of anilines is 4. The Balaban J connectivity index is 0.612. The van der Waals surface area contributed by atoms with E-state index in [0.29, 0.717) is 95.0 Å². The Kier molecular flexibility index (Phi) is 18.4. The Morgan fingerprint density at radius 3 is 1.55 bits per heavy atom. The summed E-state index contributed by atoms with van der Waals surface area (Å²) in [5.41, 5.74) is 9.22. The number of hydrogen-bond donors (Lipinski definition) is 3. The Labute approximate surface area is 600 Å². The zero-order valence-electron chi connectivity index (χ0n) is 56.1. The lowest BCUT2D eigenvalue weighted by molar-refractivity contribution is -0.384. The number of ether oxygens (including phenoxy) is 4. The van der Waals surface area contributed by atoms with Crippen LogP contribution in [0.3, 0.4) is 0 Å². The number of nitrogens with zero attached hydrogens (tertiary/aromatic N) is 7. The third kappa shape index (κ3) is 12.7. The van der Waals surface area contributed by atoms with Crippen molar-refractivity contribution in [1.82, 2.24) is 13.7 Å². The summed E-state index contributed by atoms with van der Waals surface area (Å²) in [4.78, 5) is 69.6. The second kappa shape index (κ2) is 28.2. The van der Waals surface area contributed by atoms with Crippen molar-refractivity contribution in [2.45, 2.75) is 62.3 Å². The molecular formula is C79H62ClF5N10O10. The fraction of sp³-hybridized carbons (Fsp3) is 0.190. The van der Waals surface area contributed by atoms with Crippen LogP contribution in [0.2, 0.25) is 5.02 Å². The second-order valence-corrected chi connectivity index (χ2v) is 26.0. The molecule has 0 saturated heterocycles. The van der Waals surface area contributed by atoms with Gasteiger partial charge in [-0.15, -0.1) is 5.11 Å². The van der Waals surface area contributed by atoms with E-state index in [0.717, 1.165) is 50.0 Å². The number of nitro groups is 1. The molecule has 105 heavy (non-hydrogen) atoms. The quantitative estimate of drug-likeness (QED) is 0.00548. The smallest absolute Gasteiger partial charge is 0.334 e. The lowest BCUT2D eigenvalue weighted by Crippen LogP contribution is -2.34. The van der Waals surface area contributed by atoms with E-state index < -0.39 is 69.5 Å². The van der Waals surface area contributed by atoms with Gasteiger partial charge in [-0.25, -0.2) is 18.0 Å². The number of rotatable bonds is 22. The van der Waals surface area contributed by atoms with Gasteiger partial charge in [0.2, 0.25) is 40.7 Å². The van der Waals surface area contributed by atoms with E-state index in [2.05, 4.69) is 43.2 Å². The highest BCUT2D eigenvalue weighted by Gasteiger charge is 2.40. The van der Waals surface area contributed by atoms with E-state index in [1.807, 2.05) is 127 Å². The first-order valence-electron chi connectivity index (χ1n) is 33.6. The molecule has 3 N–H and O–H groups in total. The van der Waals surface area contributed by atoms with Gasteiger partial charge >= 0.3 is 5.97 Å². The first kappa shape index (κ1) is 68.5. The molecule has 0 saturated carbocycles. The number of carbonyl (C=O) groups excluding carboxylic acids is 4. The van der Waals surface area contributed by atoms with Crippen LogP contribution in [0.4, 0.5) is 61.8 Å². The van der Waals surface area contributed by atoms with Gasteiger partial charge < -0.3 is 39.8 Å². The van der Waals surface area contributed by atoms with Crippen LogP contribution in [0, 0.1) is 39.2 Å². The van der Waals surface area contributed by atoms with Crippen LogP contribution in [-0.2, 0) is 34.4 Å². The number of fused-ring (bicyclic) bond motifs is 9. The lowest BCUT2D eigenvalue weighted by Gasteiger charge is -2.36. The first-order valence-corrected chi connectivity index (χ1v) is 34.0. The highest BCUT2D eigenvalue weighted by atomic mass is 35.5. The minimum atomic E-state index is -2.39. The molecule has 15 rings (SSSR count). The highest BCUT2D eigenvalue weighted by Crippen LogP contribution is 2.44. The van der Waals surface area contributed by atoms with Gasteiger partial charge in [-0.1, -0.05) is 66.2 Å². The molecule has 3 unspecified atom stereocenters. The maximum atomic E-state index is 14.7. The van der Waals surface area contributed by atoms with Crippen LogP contribution in [0.15, 0.2) is 205 Å². The molecule has 0 radical (unpaired) electrons. The van der Waals surface area contributed by atoms with Gasteiger partial charge in [-0.3, -0.25) is 38.2 Å². The lowest BCUT2D eigenvalue weighted by atomic mass is 9.80. The molecule has 0 spiro atoms. The number of halogens is 6. The molecular weight excluding hydrogens is 1380 g/mol. The molecule has 3 aliphatic heterocycles. The standard InChI is InChI=1S/C79H62ClF5N10O10/c1-102-50-20-11-45(12-21-50)79(44-8-4-3-5-9-44,46-13-22-51(103-2)23-14-46)104-39-7-35-91(48-17-15-47(16-18-48)89-90-62-24-19-49(95(100)101)40-58(62)80)34-6-10-69(96)92-36-31-52-55-41-63(86-59(55)25-28-66(52)92)76(97)93-37-32-53-56-42-64(87-60(56)26-29-67(53)93)77(98)94-38-33-54-57-43-65(88-61(57)27-30-68(54)94)78(99)105-75-73(84)71(82)70(81)72(83)74(75)85/h3-5,8-9,11-33,36-38,40,63-65,86-88H,6-7,10,34-35,39,41-43H2,1-2H3. The molecule has 0 amide bonds. The molecule has 530 valence electrons. The molecule has 9 aromatic carbocycles. The number of carbonyl (C=O) groups is 4. The SMILES string of the molecule is COc1ccc(C(OCCCN(CCCC(=O)n2ccc3c4c(ccc32)NC(C(=O)n2ccc3c5c(ccc32)NC(C(=O)n2ccc3c6c(ccc32)NC(C(=O)Oc2c(F)c(F)c(F)c(F)c2F)C6)C5)C4)c2ccc(N=Nc3ccc([N+](=O)[O-])cc3Cl)cc2)(c2ccccc2)c2ccc(OC)cc2)cc1. The number of aromatic nitrogens is 3. The summed E-state index contributed by atoms with van der Waals surface area (Å²) in [6.07, 6.45) is 6.85. The number of nitro benzene ring substituents is 1. The summed E-state index contributed by atoms with van der Waals surface area (Å²) in [5.74, 6) is -13.7. The zero-order valence-corrected chi connectivity index (χ0v) is 56.8. The minimum Gasteiger partial charge on any atom is -0.497 e. The summed E-state index contributed by atoms with van der Waals surface area (Å²) in [6.45, 7) is 1.33. The van der Waals surface area contributed by atoms with Crippen LogP contribution < -0.4 is 35.1 Å². The normalized spacial score (nSPS) is 15.1. The van der Waals surface area contributed by atoms with Gasteiger partial charge in [0.1, 0.15) is 40.9 Å². The van der Waals surface area contributed by atoms with Crippen molar-refractivity contribution in [2.24, 2.45) is 10.2 Å². The third-order valence-corrected chi connectivity index (χ3v) is 20.0. The molecule has 26 heteroatoms. The summed E-state index contributed by atoms with van der Waals surface area (Å²) < 4.78 is 98.1. The van der Waals surface area contributed by atoms with E-state index >= 15 is 0 Å². The number of hydrogen-bond acceptors (Lipinski definition) is 16. The summed E-state index contributed by atoms with van der Waals surface area (Å²) >= 11 is 6.34. The molecule has 6 heterocycles. The molecule has 12 aromatic rings. The number of azo groups is 1. The molecule has 3 atom stereocenters. The van der Waals surface area contributed by atoms with Crippen molar-refractivity contribution in [3.05, 3.63) is 272 Å². The van der Waals surface area contributed by atoms with E-state index in [-0.39, 0.29) is 53.4 Å². The van der Waals surface area contributed by atoms with Crippen molar-refractivity contribution in [3.8, 4) is 17.2 Å². The molecule has 3 aliphatic rings. The largest absolute Gasteiger partial charge is 0.497 e. The summed E-state index contributed by atoms with van der Waals surface area (Å²) in [6, 6.07) is 50.7. The average Bonchev–Trinajstić information content (AvgIpc) is 1.69. The first-order chi connectivity index (χ1) is 50.9. The number of benzene rings is 9. The van der Waals surface area contributed by atoms with Crippen molar-refractivity contribution < 1.29 is 65.0 Å². The Bertz CT molecular complexity index is 5420. The zero-order chi connectivity index (χ0) is 72.9. The molecule has 3 aromatic heterocycles. The average molecular weight is 1440 g/mol. The van der Waals surface area contributed by atoms with Crippen LogP contribution in [0.5, 0.6) is 17.2 Å². The van der Waals surface area contributed by atoms with Gasteiger partial charge in [-0.2, -0.15) is 13.9 Å². The minimum absolute atomic E-state index is 0.0844. The Morgan fingerprint density at radius 1 is 0.562 bits per heavy atom. The second-order valence-electron chi connectivity index (χ2n) is 25.6. The van der Waals surface area contributed by atoms with E-state index in [1.54, 1.807) is 60.1 Å². The van der Waals surface area contributed by atoms with Gasteiger partial charge in [0.15, 0.2) is 0 Å². The van der Waals surface area contributed by atoms with Gasteiger partial charge in [-0.05, 0) is 155 Å². The fourth-order valence-electron chi connectivity index (χ4n) is 14.5. The number of methoxy groups -OCH3 is 2. The maximum absolute atomic E-state index is 14.7. The van der Waals surface area contributed by atoms with Crippen LogP contribution in [0.25, 0.3) is 32.7 Å². The monoisotopic (exact) mass is 1440 g/mol. The fourth-order valence-corrected chi connectivity index (χ4v) is 14.7. The van der Waals surface area contributed by atoms with Gasteiger partial charge in [0, 0.05) is 108 Å². The Morgan fingerprint density at radius 2 is 1.04 bits per heavy atom. The predicted molar refractivity (Wildman–Crippen MR) is 386 cm³/mol. The Hall–Kier alpha value is -12.2. The van der Waals surface area contributed by atoms with E-state index in [9.17, 15) is 51.2 Å². The van der Waals surface area contributed by atoms with Crippen molar-refractivity contribution in [1.29, 1.82) is 0 Å². The van der Waals surface area contributed by atoms with Crippen LogP contribution in [0.1, 0.15) is 67.0 Å². The van der Waals surface area contributed by atoms with Crippen molar-refractivity contribution >= 4 is 108 Å².